The van der Waals surface area contributed by atoms with Gasteiger partial charge in [0.25, 0.3) is 0 Å². The van der Waals surface area contributed by atoms with Crippen molar-refractivity contribution in [2.75, 3.05) is 20.3 Å². The molecule has 1 rings (SSSR count). The van der Waals surface area contributed by atoms with Crippen molar-refractivity contribution in [3.05, 3.63) is 35.9 Å². The zero-order valence-electron chi connectivity index (χ0n) is 11.6. The molecule has 0 aromatic heterocycles. The van der Waals surface area contributed by atoms with Crippen molar-refractivity contribution in [1.82, 2.24) is 0 Å². The van der Waals surface area contributed by atoms with Gasteiger partial charge < -0.3 is 19.7 Å². The number of carbonyl (C=O) groups excluding carboxylic acids is 1. The highest BCUT2D eigenvalue weighted by atomic mass is 16.5. The second-order valence-electron chi connectivity index (χ2n) is 3.94. The third-order valence-electron chi connectivity index (χ3n) is 2.54. The van der Waals surface area contributed by atoms with Crippen LogP contribution in [-0.4, -0.2) is 42.9 Å². The smallest absolute Gasteiger partial charge is 0.416 e. The molecule has 0 N–H and O–H groups in total. The van der Waals surface area contributed by atoms with Gasteiger partial charge in [-0.25, -0.2) is 4.79 Å². The summed E-state index contributed by atoms with van der Waals surface area (Å²) < 4.78 is 15.6. The van der Waals surface area contributed by atoms with Crippen LogP contribution in [0.15, 0.2) is 30.3 Å². The van der Waals surface area contributed by atoms with E-state index in [1.807, 2.05) is 37.3 Å². The number of hydrogen-bond donors (Lipinski definition) is 0. The average molecular weight is 278 g/mol. The lowest BCUT2D eigenvalue weighted by Gasteiger charge is -2.15. The summed E-state index contributed by atoms with van der Waals surface area (Å²) in [4.78, 5) is 14.3. The topological polar surface area (TPSA) is 81.2 Å². The molecule has 0 unspecified atom stereocenters. The van der Waals surface area contributed by atoms with Gasteiger partial charge in [0, 0.05) is 6.61 Å². The molecule has 0 aliphatic rings. The first-order valence-electron chi connectivity index (χ1n) is 6.30. The van der Waals surface area contributed by atoms with E-state index in [0.29, 0.717) is 12.4 Å². The van der Waals surface area contributed by atoms with E-state index in [1.54, 1.807) is 0 Å². The maximum atomic E-state index is 11.3. The maximum absolute atomic E-state index is 11.3. The Hall–Kier alpha value is -2.17. The van der Waals surface area contributed by atoms with E-state index >= 15 is 0 Å². The maximum Gasteiger partial charge on any atom is 0.416 e. The number of benzene rings is 1. The van der Waals surface area contributed by atoms with E-state index in [9.17, 15) is 4.79 Å². The second kappa shape index (κ2) is 8.85. The zero-order chi connectivity index (χ0) is 14.8. The number of para-hydroxylation sites is 1. The molecule has 0 fully saturated rings. The number of nitrogens with zero attached hydrogens (tertiary/aromatic N) is 2. The SMILES string of the molecule is CCO[C@@H](COc1ccccc1)CC(=[N+]=[N-])C(=O)OC. The Morgan fingerprint density at radius 1 is 1.35 bits per heavy atom. The number of rotatable bonds is 8. The van der Waals surface area contributed by atoms with Crippen LogP contribution in [0, 0.1) is 0 Å². The molecule has 1 aromatic carbocycles. The first-order valence-corrected chi connectivity index (χ1v) is 6.30. The molecule has 0 heterocycles. The molecule has 0 radical (unpaired) electrons. The normalized spacial score (nSPS) is 11.3. The first kappa shape index (κ1) is 15.9. The Bertz CT molecular complexity index is 469. The van der Waals surface area contributed by atoms with Crippen LogP contribution in [0.5, 0.6) is 5.75 Å². The zero-order valence-corrected chi connectivity index (χ0v) is 11.6. The van der Waals surface area contributed by atoms with Crippen LogP contribution in [0.1, 0.15) is 13.3 Å². The molecule has 0 saturated heterocycles. The molecule has 0 spiro atoms. The quantitative estimate of drug-likeness (QED) is 0.314. The van der Waals surface area contributed by atoms with Crippen molar-refractivity contribution in [2.24, 2.45) is 0 Å². The molecule has 0 bridgehead atoms. The van der Waals surface area contributed by atoms with E-state index in [-0.39, 0.29) is 18.7 Å². The summed E-state index contributed by atoms with van der Waals surface area (Å²) in [6.07, 6.45) is -0.283. The number of hydrogen-bond acceptors (Lipinski definition) is 4. The van der Waals surface area contributed by atoms with E-state index in [1.165, 1.54) is 7.11 Å². The van der Waals surface area contributed by atoms with Crippen LogP contribution in [0.2, 0.25) is 0 Å². The third kappa shape index (κ3) is 5.22. The largest absolute Gasteiger partial charge is 0.491 e. The lowest BCUT2D eigenvalue weighted by atomic mass is 10.2. The predicted octanol–water partition coefficient (Wildman–Crippen LogP) is 1.70. The van der Waals surface area contributed by atoms with Crippen molar-refractivity contribution in [3.63, 3.8) is 0 Å². The van der Waals surface area contributed by atoms with Crippen molar-refractivity contribution < 1.29 is 23.8 Å². The van der Waals surface area contributed by atoms with Gasteiger partial charge in [-0.05, 0) is 19.1 Å². The fraction of sp³-hybridized carbons (Fsp3) is 0.429. The summed E-state index contributed by atoms with van der Waals surface area (Å²) >= 11 is 0. The summed E-state index contributed by atoms with van der Waals surface area (Å²) in [6, 6.07) is 9.26. The molecule has 20 heavy (non-hydrogen) atoms. The van der Waals surface area contributed by atoms with Crippen molar-refractivity contribution >= 4 is 11.7 Å². The molecular weight excluding hydrogens is 260 g/mol. The Labute approximate surface area is 117 Å². The molecule has 6 nitrogen and oxygen atoms in total. The summed E-state index contributed by atoms with van der Waals surface area (Å²) in [5, 5.41) is 0. The van der Waals surface area contributed by atoms with Gasteiger partial charge >= 0.3 is 11.7 Å². The lowest BCUT2D eigenvalue weighted by Crippen LogP contribution is -2.29. The minimum Gasteiger partial charge on any atom is -0.491 e. The monoisotopic (exact) mass is 278 g/mol. The highest BCUT2D eigenvalue weighted by Gasteiger charge is 2.26. The Morgan fingerprint density at radius 3 is 2.60 bits per heavy atom. The highest BCUT2D eigenvalue weighted by Crippen LogP contribution is 2.10. The summed E-state index contributed by atoms with van der Waals surface area (Å²) in [7, 11) is 1.23. The van der Waals surface area contributed by atoms with E-state index in [4.69, 9.17) is 15.0 Å². The average Bonchev–Trinajstić information content (AvgIpc) is 2.50. The summed E-state index contributed by atoms with van der Waals surface area (Å²) in [5.41, 5.74) is 8.73. The van der Waals surface area contributed by atoms with Gasteiger partial charge in [0.1, 0.15) is 18.5 Å². The van der Waals surface area contributed by atoms with Gasteiger partial charge in [-0.1, -0.05) is 18.2 Å². The van der Waals surface area contributed by atoms with Crippen molar-refractivity contribution in [1.29, 1.82) is 0 Å². The molecule has 0 saturated carbocycles. The number of ether oxygens (including phenoxy) is 3. The minimum absolute atomic E-state index is 0.0948. The molecule has 0 aliphatic carbocycles. The van der Waals surface area contributed by atoms with Crippen molar-refractivity contribution in [2.45, 2.75) is 19.4 Å². The molecule has 0 aliphatic heterocycles. The van der Waals surface area contributed by atoms with Gasteiger partial charge in [0.2, 0.25) is 0 Å². The molecule has 108 valence electrons. The molecule has 1 aromatic rings. The first-order chi connectivity index (χ1) is 9.71. The Kier molecular flexibility index (Phi) is 7.03. The molecule has 6 heteroatoms. The van der Waals surface area contributed by atoms with Gasteiger partial charge in [-0.3, -0.25) is 0 Å². The van der Waals surface area contributed by atoms with E-state index in [2.05, 4.69) is 9.53 Å². The summed E-state index contributed by atoms with van der Waals surface area (Å²) in [5.74, 6) is 0.0228. The standard InChI is InChI=1S/C14H18N2O4/c1-3-19-12(9-13(16-15)14(17)18-2)10-20-11-7-5-4-6-8-11/h4-8,12H,3,9-10H2,1-2H3/t12-/m1/s1. The fourth-order valence-corrected chi connectivity index (χ4v) is 1.61. The molecule has 1 atom stereocenters. The predicted molar refractivity (Wildman–Crippen MR) is 72.6 cm³/mol. The van der Waals surface area contributed by atoms with E-state index < -0.39 is 12.1 Å². The summed E-state index contributed by atoms with van der Waals surface area (Å²) in [6.45, 7) is 2.54. The van der Waals surface area contributed by atoms with Gasteiger partial charge in [-0.2, -0.15) is 4.79 Å². The highest BCUT2D eigenvalue weighted by molar-refractivity contribution is 6.33. The lowest BCUT2D eigenvalue weighted by molar-refractivity contribution is -0.138. The van der Waals surface area contributed by atoms with Crippen molar-refractivity contribution in [3.8, 4) is 5.75 Å². The van der Waals surface area contributed by atoms with E-state index in [0.717, 1.165) is 0 Å². The van der Waals surface area contributed by atoms with Gasteiger partial charge in [0.15, 0.2) is 0 Å². The van der Waals surface area contributed by atoms with Gasteiger partial charge in [-0.15, -0.1) is 0 Å². The number of carbonyl (C=O) groups is 1. The Morgan fingerprint density at radius 2 is 2.05 bits per heavy atom. The van der Waals surface area contributed by atoms with Crippen LogP contribution >= 0.6 is 0 Å². The number of methoxy groups -OCH3 is 1. The number of esters is 1. The minimum atomic E-state index is -0.683. The fourth-order valence-electron chi connectivity index (χ4n) is 1.61. The van der Waals surface area contributed by atoms with Gasteiger partial charge in [0.05, 0.1) is 13.5 Å². The van der Waals surface area contributed by atoms with Crippen LogP contribution in [0.25, 0.3) is 5.53 Å². The molecule has 0 amide bonds. The third-order valence-corrected chi connectivity index (χ3v) is 2.54. The van der Waals surface area contributed by atoms with Crippen LogP contribution in [-0.2, 0) is 14.3 Å². The van der Waals surface area contributed by atoms with Crippen LogP contribution in [0.4, 0.5) is 0 Å². The molecular formula is C14H18N2O4. The van der Waals surface area contributed by atoms with Crippen LogP contribution < -0.4 is 4.74 Å². The Balaban J connectivity index is 2.60. The second-order valence-corrected chi connectivity index (χ2v) is 3.94. The van der Waals surface area contributed by atoms with Crippen LogP contribution in [0.3, 0.4) is 0 Å².